The minimum absolute atomic E-state index is 0.0114. The van der Waals surface area contributed by atoms with Crippen molar-refractivity contribution in [2.75, 3.05) is 7.11 Å². The maximum Gasteiger partial charge on any atom is 0.203 e. The molecule has 2 aromatic rings. The van der Waals surface area contributed by atoms with E-state index in [9.17, 15) is 4.79 Å². The molecule has 4 heteroatoms. The van der Waals surface area contributed by atoms with Gasteiger partial charge >= 0.3 is 0 Å². The average Bonchev–Trinajstić information content (AvgIpc) is 3.08. The van der Waals surface area contributed by atoms with Crippen LogP contribution in [0.5, 0.6) is 5.75 Å². The first kappa shape index (κ1) is 12.9. The summed E-state index contributed by atoms with van der Waals surface area (Å²) in [6.07, 6.45) is 2.87. The van der Waals surface area contributed by atoms with Crippen molar-refractivity contribution in [2.24, 2.45) is 0 Å². The van der Waals surface area contributed by atoms with Crippen molar-refractivity contribution >= 4 is 17.1 Å². The van der Waals surface area contributed by atoms with E-state index in [-0.39, 0.29) is 5.78 Å². The van der Waals surface area contributed by atoms with Crippen molar-refractivity contribution in [1.29, 1.82) is 5.26 Å². The number of thiophene rings is 1. The average molecular weight is 283 g/mol. The number of rotatable bonds is 3. The van der Waals surface area contributed by atoms with Crippen LogP contribution in [0.1, 0.15) is 37.7 Å². The van der Waals surface area contributed by atoms with E-state index in [4.69, 9.17) is 10.00 Å². The molecular weight excluding hydrogens is 270 g/mol. The molecule has 0 unspecified atom stereocenters. The van der Waals surface area contributed by atoms with Crippen molar-refractivity contribution in [3.63, 3.8) is 0 Å². The Hall–Kier alpha value is -2.12. The van der Waals surface area contributed by atoms with Gasteiger partial charge in [-0.25, -0.2) is 0 Å². The Balaban J connectivity index is 2.00. The van der Waals surface area contributed by atoms with Gasteiger partial charge in [0.15, 0.2) is 0 Å². The van der Waals surface area contributed by atoms with Gasteiger partial charge < -0.3 is 4.74 Å². The number of ketones is 1. The summed E-state index contributed by atoms with van der Waals surface area (Å²) in [6.45, 7) is 0. The summed E-state index contributed by atoms with van der Waals surface area (Å²) >= 11 is 1.33. The second kappa shape index (κ2) is 5.10. The Labute approximate surface area is 121 Å². The third kappa shape index (κ3) is 2.00. The maximum absolute atomic E-state index is 12.6. The lowest BCUT2D eigenvalue weighted by atomic mass is 10.0. The van der Waals surface area contributed by atoms with Gasteiger partial charge in [-0.1, -0.05) is 0 Å². The van der Waals surface area contributed by atoms with Crippen molar-refractivity contribution in [3.05, 3.63) is 50.7 Å². The highest BCUT2D eigenvalue weighted by molar-refractivity contribution is 7.15. The Morgan fingerprint density at radius 1 is 1.25 bits per heavy atom. The summed E-state index contributed by atoms with van der Waals surface area (Å²) in [5.74, 6) is 0.743. The van der Waals surface area contributed by atoms with E-state index in [1.165, 1.54) is 11.3 Å². The number of ether oxygens (including phenoxy) is 1. The van der Waals surface area contributed by atoms with Crippen LogP contribution in [0.15, 0.2) is 24.3 Å². The number of carbonyl (C=O) groups excluding carboxylic acids is 1. The van der Waals surface area contributed by atoms with Crippen LogP contribution in [0.3, 0.4) is 0 Å². The Kier molecular flexibility index (Phi) is 3.29. The van der Waals surface area contributed by atoms with Crippen LogP contribution in [0, 0.1) is 11.3 Å². The normalized spacial score (nSPS) is 12.8. The molecular formula is C16H13NO2S. The number of hydrogen-bond donors (Lipinski definition) is 0. The lowest BCUT2D eigenvalue weighted by Gasteiger charge is -2.03. The lowest BCUT2D eigenvalue weighted by molar-refractivity contribution is 0.104. The molecule has 100 valence electrons. The Bertz CT molecular complexity index is 707. The quantitative estimate of drug-likeness (QED) is 0.812. The fourth-order valence-corrected chi connectivity index (χ4v) is 3.77. The van der Waals surface area contributed by atoms with Gasteiger partial charge in [-0.3, -0.25) is 4.79 Å². The zero-order chi connectivity index (χ0) is 14.1. The first-order valence-corrected chi connectivity index (χ1v) is 7.29. The molecule has 1 aliphatic rings. The molecule has 0 aliphatic heterocycles. The maximum atomic E-state index is 12.6. The summed E-state index contributed by atoms with van der Waals surface area (Å²) in [7, 11) is 1.60. The molecule has 20 heavy (non-hydrogen) atoms. The van der Waals surface area contributed by atoms with E-state index in [0.29, 0.717) is 10.4 Å². The third-order valence-corrected chi connectivity index (χ3v) is 4.81. The van der Waals surface area contributed by atoms with Gasteiger partial charge in [-0.2, -0.15) is 5.26 Å². The molecule has 3 rings (SSSR count). The zero-order valence-electron chi connectivity index (χ0n) is 11.1. The van der Waals surface area contributed by atoms with Crippen LogP contribution < -0.4 is 4.74 Å². The standard InChI is InChI=1S/C16H13NO2S/c1-19-11-7-5-10(6-8-11)15(18)16-13-4-2-3-12(13)14(9-17)20-16/h5-8H,2-4H2,1H3. The Morgan fingerprint density at radius 2 is 1.95 bits per heavy atom. The monoisotopic (exact) mass is 283 g/mol. The van der Waals surface area contributed by atoms with Gasteiger partial charge in [0.1, 0.15) is 16.7 Å². The van der Waals surface area contributed by atoms with Gasteiger partial charge in [0.2, 0.25) is 5.78 Å². The summed E-state index contributed by atoms with van der Waals surface area (Å²) < 4.78 is 5.10. The van der Waals surface area contributed by atoms with Crippen molar-refractivity contribution in [3.8, 4) is 11.8 Å². The molecule has 1 aliphatic carbocycles. The molecule has 0 saturated carbocycles. The molecule has 0 spiro atoms. The topological polar surface area (TPSA) is 50.1 Å². The smallest absolute Gasteiger partial charge is 0.203 e. The van der Waals surface area contributed by atoms with Gasteiger partial charge in [0.05, 0.1) is 12.0 Å². The molecule has 0 amide bonds. The van der Waals surface area contributed by atoms with Crippen LogP contribution in [0.4, 0.5) is 0 Å². The third-order valence-electron chi connectivity index (χ3n) is 3.63. The molecule has 1 aromatic carbocycles. The summed E-state index contributed by atoms with van der Waals surface area (Å²) in [5.41, 5.74) is 2.83. The van der Waals surface area contributed by atoms with E-state index in [2.05, 4.69) is 6.07 Å². The fourth-order valence-electron chi connectivity index (χ4n) is 2.62. The summed E-state index contributed by atoms with van der Waals surface area (Å²) in [5, 5.41) is 9.17. The highest BCUT2D eigenvalue weighted by Crippen LogP contribution is 2.36. The second-order valence-corrected chi connectivity index (χ2v) is 5.76. The minimum Gasteiger partial charge on any atom is -0.497 e. The largest absolute Gasteiger partial charge is 0.497 e. The minimum atomic E-state index is 0.0114. The van der Waals surface area contributed by atoms with Crippen LogP contribution in [-0.4, -0.2) is 12.9 Å². The predicted octanol–water partition coefficient (Wildman–Crippen LogP) is 3.35. The lowest BCUT2D eigenvalue weighted by Crippen LogP contribution is -2.01. The van der Waals surface area contributed by atoms with E-state index in [1.54, 1.807) is 31.4 Å². The molecule has 0 bridgehead atoms. The van der Waals surface area contributed by atoms with Crippen molar-refractivity contribution in [2.45, 2.75) is 19.3 Å². The second-order valence-electron chi connectivity index (χ2n) is 4.74. The number of fused-ring (bicyclic) bond motifs is 1. The molecule has 0 radical (unpaired) electrons. The molecule has 3 nitrogen and oxygen atoms in total. The summed E-state index contributed by atoms with van der Waals surface area (Å²) in [4.78, 5) is 14.0. The van der Waals surface area contributed by atoms with Crippen LogP contribution in [0.2, 0.25) is 0 Å². The number of nitrogens with zero attached hydrogens (tertiary/aromatic N) is 1. The van der Waals surface area contributed by atoms with E-state index >= 15 is 0 Å². The van der Waals surface area contributed by atoms with E-state index < -0.39 is 0 Å². The number of hydrogen-bond acceptors (Lipinski definition) is 4. The molecule has 0 atom stereocenters. The van der Waals surface area contributed by atoms with Crippen LogP contribution in [0.25, 0.3) is 0 Å². The van der Waals surface area contributed by atoms with Gasteiger partial charge in [0, 0.05) is 5.56 Å². The molecule has 1 aromatic heterocycles. The highest BCUT2D eigenvalue weighted by Gasteiger charge is 2.26. The SMILES string of the molecule is COc1ccc(C(=O)c2sc(C#N)c3c2CCC3)cc1. The first-order chi connectivity index (χ1) is 9.74. The van der Waals surface area contributed by atoms with Crippen LogP contribution in [-0.2, 0) is 12.8 Å². The van der Waals surface area contributed by atoms with E-state index in [1.807, 2.05) is 0 Å². The Morgan fingerprint density at radius 3 is 2.60 bits per heavy atom. The number of benzene rings is 1. The fraction of sp³-hybridized carbons (Fsp3) is 0.250. The molecule has 0 N–H and O–H groups in total. The zero-order valence-corrected chi connectivity index (χ0v) is 11.9. The number of nitriles is 1. The summed E-state index contributed by atoms with van der Waals surface area (Å²) in [6, 6.07) is 9.33. The van der Waals surface area contributed by atoms with Gasteiger partial charge in [-0.05, 0) is 54.7 Å². The molecule has 1 heterocycles. The van der Waals surface area contributed by atoms with Crippen molar-refractivity contribution < 1.29 is 9.53 Å². The first-order valence-electron chi connectivity index (χ1n) is 6.48. The highest BCUT2D eigenvalue weighted by atomic mass is 32.1. The van der Waals surface area contributed by atoms with Crippen molar-refractivity contribution in [1.82, 2.24) is 0 Å². The number of carbonyl (C=O) groups is 1. The van der Waals surface area contributed by atoms with Gasteiger partial charge in [-0.15, -0.1) is 11.3 Å². The molecule has 0 saturated heterocycles. The predicted molar refractivity (Wildman–Crippen MR) is 77.5 cm³/mol. The van der Waals surface area contributed by atoms with Crippen LogP contribution >= 0.6 is 11.3 Å². The molecule has 0 fully saturated rings. The number of methoxy groups -OCH3 is 1. The van der Waals surface area contributed by atoms with Gasteiger partial charge in [0.25, 0.3) is 0 Å². The van der Waals surface area contributed by atoms with E-state index in [0.717, 1.165) is 41.0 Å².